The van der Waals surface area contributed by atoms with Gasteiger partial charge in [0, 0.05) is 4.47 Å². The van der Waals surface area contributed by atoms with Gasteiger partial charge >= 0.3 is 5.97 Å². The first-order valence-corrected chi connectivity index (χ1v) is 7.77. The lowest BCUT2D eigenvalue weighted by atomic mass is 10.1. The Morgan fingerprint density at radius 1 is 1.37 bits per heavy atom. The zero-order chi connectivity index (χ0) is 14.0. The van der Waals surface area contributed by atoms with Crippen molar-refractivity contribution in [3.8, 4) is 0 Å². The summed E-state index contributed by atoms with van der Waals surface area (Å²) in [6.45, 7) is 0.0686. The Morgan fingerprint density at radius 2 is 2.05 bits per heavy atom. The van der Waals surface area contributed by atoms with Gasteiger partial charge in [0.25, 0.3) is 0 Å². The molecule has 1 aromatic rings. The molecule has 0 amide bonds. The fraction of sp³-hybridized carbons (Fsp3) is 0.364. The van der Waals surface area contributed by atoms with Crippen LogP contribution in [0.5, 0.6) is 0 Å². The van der Waals surface area contributed by atoms with E-state index < -0.39 is 28.0 Å². The van der Waals surface area contributed by atoms with Gasteiger partial charge in [-0.05, 0) is 28.1 Å². The fourth-order valence-electron chi connectivity index (χ4n) is 1.84. The number of aliphatic carboxylic acids is 1. The fourth-order valence-corrected chi connectivity index (χ4v) is 4.10. The van der Waals surface area contributed by atoms with E-state index in [1.54, 1.807) is 18.2 Å². The second-order valence-corrected chi connectivity index (χ2v) is 6.68. The van der Waals surface area contributed by atoms with Crippen molar-refractivity contribution in [2.24, 2.45) is 5.92 Å². The lowest BCUT2D eigenvalue weighted by Crippen LogP contribution is -2.42. The molecule has 1 aromatic carbocycles. The van der Waals surface area contributed by atoms with Gasteiger partial charge in [0.15, 0.2) is 0 Å². The molecule has 2 unspecified atom stereocenters. The molecule has 0 radical (unpaired) electrons. The summed E-state index contributed by atoms with van der Waals surface area (Å²) in [7, 11) is -3.78. The van der Waals surface area contributed by atoms with Gasteiger partial charge in [-0.25, -0.2) is 13.1 Å². The zero-order valence-electron chi connectivity index (χ0n) is 9.74. The van der Waals surface area contributed by atoms with Gasteiger partial charge in [-0.3, -0.25) is 4.79 Å². The smallest absolute Gasteiger partial charge is 0.310 e. The minimum Gasteiger partial charge on any atom is -0.481 e. The van der Waals surface area contributed by atoms with Gasteiger partial charge < -0.3 is 9.84 Å². The molecule has 0 aromatic heterocycles. The van der Waals surface area contributed by atoms with E-state index in [2.05, 4.69) is 20.7 Å². The molecule has 1 heterocycles. The molecule has 8 heteroatoms. The lowest BCUT2D eigenvalue weighted by molar-refractivity contribution is -0.142. The van der Waals surface area contributed by atoms with Crippen molar-refractivity contribution < 1.29 is 23.1 Å². The highest BCUT2D eigenvalue weighted by Crippen LogP contribution is 2.23. The SMILES string of the molecule is O=C(O)C1COCC1NS(=O)(=O)c1ccccc1Br. The number of rotatable bonds is 4. The maximum absolute atomic E-state index is 12.2. The maximum atomic E-state index is 12.2. The molecule has 2 rings (SSSR count). The van der Waals surface area contributed by atoms with E-state index in [0.29, 0.717) is 4.47 Å². The van der Waals surface area contributed by atoms with Gasteiger partial charge in [0.05, 0.1) is 30.1 Å². The summed E-state index contributed by atoms with van der Waals surface area (Å²) in [6, 6.07) is 5.59. The molecule has 0 bridgehead atoms. The van der Waals surface area contributed by atoms with E-state index >= 15 is 0 Å². The van der Waals surface area contributed by atoms with Crippen molar-refractivity contribution in [2.45, 2.75) is 10.9 Å². The second kappa shape index (κ2) is 5.58. The summed E-state index contributed by atoms with van der Waals surface area (Å²) in [5.41, 5.74) is 0. The predicted octanol–water partition coefficient (Wildman–Crippen LogP) is 0.827. The first kappa shape index (κ1) is 14.4. The van der Waals surface area contributed by atoms with E-state index in [0.717, 1.165) is 0 Å². The number of halogens is 1. The first-order chi connectivity index (χ1) is 8.92. The normalized spacial score (nSPS) is 23.4. The molecule has 6 nitrogen and oxygen atoms in total. The monoisotopic (exact) mass is 349 g/mol. The first-order valence-electron chi connectivity index (χ1n) is 5.49. The van der Waals surface area contributed by atoms with Crippen LogP contribution in [-0.4, -0.2) is 38.7 Å². The summed E-state index contributed by atoms with van der Waals surface area (Å²) in [4.78, 5) is 11.1. The molecule has 0 aliphatic carbocycles. The minimum atomic E-state index is -3.78. The van der Waals surface area contributed by atoms with Crippen molar-refractivity contribution in [2.75, 3.05) is 13.2 Å². The van der Waals surface area contributed by atoms with Crippen LogP contribution in [0.2, 0.25) is 0 Å². The van der Waals surface area contributed by atoms with Crippen LogP contribution >= 0.6 is 15.9 Å². The van der Waals surface area contributed by atoms with Crippen LogP contribution in [-0.2, 0) is 19.6 Å². The molecule has 2 N–H and O–H groups in total. The summed E-state index contributed by atoms with van der Waals surface area (Å²) in [5, 5.41) is 8.98. The molecular weight excluding hydrogens is 338 g/mol. The summed E-state index contributed by atoms with van der Waals surface area (Å²) < 4.78 is 32.2. The molecule has 104 valence electrons. The van der Waals surface area contributed by atoms with Crippen LogP contribution in [0.3, 0.4) is 0 Å². The van der Waals surface area contributed by atoms with E-state index in [1.165, 1.54) is 6.07 Å². The van der Waals surface area contributed by atoms with E-state index in [1.807, 2.05) is 0 Å². The third-order valence-corrected chi connectivity index (χ3v) is 5.33. The van der Waals surface area contributed by atoms with Crippen LogP contribution < -0.4 is 4.72 Å². The van der Waals surface area contributed by atoms with E-state index in [-0.39, 0.29) is 18.1 Å². The van der Waals surface area contributed by atoms with Crippen LogP contribution in [0.25, 0.3) is 0 Å². The highest BCUT2D eigenvalue weighted by atomic mass is 79.9. The second-order valence-electron chi connectivity index (χ2n) is 4.14. The number of benzene rings is 1. The number of ether oxygens (including phenoxy) is 1. The van der Waals surface area contributed by atoms with Crippen molar-refractivity contribution in [3.05, 3.63) is 28.7 Å². The Hall–Kier alpha value is -0.960. The van der Waals surface area contributed by atoms with Gasteiger partial charge in [0.1, 0.15) is 0 Å². The van der Waals surface area contributed by atoms with Gasteiger partial charge in [-0.15, -0.1) is 0 Å². The largest absolute Gasteiger partial charge is 0.481 e. The molecule has 19 heavy (non-hydrogen) atoms. The molecule has 0 spiro atoms. The van der Waals surface area contributed by atoms with Gasteiger partial charge in [0.2, 0.25) is 10.0 Å². The topological polar surface area (TPSA) is 92.7 Å². The Kier molecular flexibility index (Phi) is 4.24. The number of sulfonamides is 1. The predicted molar refractivity (Wildman–Crippen MR) is 70.2 cm³/mol. The van der Waals surface area contributed by atoms with Crippen LogP contribution in [0.15, 0.2) is 33.6 Å². The lowest BCUT2D eigenvalue weighted by Gasteiger charge is -2.16. The van der Waals surface area contributed by atoms with Crippen molar-refractivity contribution in [1.29, 1.82) is 0 Å². The minimum absolute atomic E-state index is 0.0124. The van der Waals surface area contributed by atoms with Crippen LogP contribution in [0.4, 0.5) is 0 Å². The molecule has 1 aliphatic rings. The van der Waals surface area contributed by atoms with Gasteiger partial charge in [-0.2, -0.15) is 0 Å². The number of hydrogen-bond donors (Lipinski definition) is 2. The number of carbonyl (C=O) groups is 1. The average Bonchev–Trinajstić information content (AvgIpc) is 2.76. The third-order valence-electron chi connectivity index (χ3n) is 2.83. The summed E-state index contributed by atoms with van der Waals surface area (Å²) in [5.74, 6) is -1.94. The number of carboxylic acids is 1. The van der Waals surface area contributed by atoms with Crippen molar-refractivity contribution in [1.82, 2.24) is 4.72 Å². The van der Waals surface area contributed by atoms with Crippen LogP contribution in [0, 0.1) is 5.92 Å². The Morgan fingerprint density at radius 3 is 2.68 bits per heavy atom. The quantitative estimate of drug-likeness (QED) is 0.839. The maximum Gasteiger partial charge on any atom is 0.310 e. The third kappa shape index (κ3) is 3.14. The summed E-state index contributed by atoms with van der Waals surface area (Å²) in [6.07, 6.45) is 0. The van der Waals surface area contributed by atoms with Crippen molar-refractivity contribution >= 4 is 31.9 Å². The average molecular weight is 350 g/mol. The number of nitrogens with one attached hydrogen (secondary N) is 1. The number of carboxylic acid groups (broad SMARTS) is 1. The molecule has 0 saturated carbocycles. The zero-order valence-corrected chi connectivity index (χ0v) is 12.1. The highest BCUT2D eigenvalue weighted by Gasteiger charge is 2.37. The highest BCUT2D eigenvalue weighted by molar-refractivity contribution is 9.10. The summed E-state index contributed by atoms with van der Waals surface area (Å²) >= 11 is 3.16. The molecule has 1 fully saturated rings. The molecule has 1 aliphatic heterocycles. The van der Waals surface area contributed by atoms with E-state index in [9.17, 15) is 13.2 Å². The molecule has 1 saturated heterocycles. The van der Waals surface area contributed by atoms with Crippen LogP contribution in [0.1, 0.15) is 0 Å². The number of hydrogen-bond acceptors (Lipinski definition) is 4. The molecular formula is C11H12BrNO5S. The standard InChI is InChI=1S/C11H12BrNO5S/c12-8-3-1-2-4-10(8)19(16,17)13-9-6-18-5-7(9)11(14)15/h1-4,7,9,13H,5-6H2,(H,14,15). The molecule has 2 atom stereocenters. The van der Waals surface area contributed by atoms with Gasteiger partial charge in [-0.1, -0.05) is 12.1 Å². The Labute approximate surface area is 118 Å². The van der Waals surface area contributed by atoms with Crippen molar-refractivity contribution in [3.63, 3.8) is 0 Å². The Balaban J connectivity index is 2.23. The Bertz CT molecular complexity index is 589. The van der Waals surface area contributed by atoms with E-state index in [4.69, 9.17) is 9.84 Å².